The van der Waals surface area contributed by atoms with Crippen LogP contribution in [-0.4, -0.2) is 12.0 Å². The molecule has 1 aromatic carbocycles. The van der Waals surface area contributed by atoms with Crippen LogP contribution in [0, 0.1) is 0 Å². The van der Waals surface area contributed by atoms with Crippen molar-refractivity contribution < 1.29 is 18.0 Å². The van der Waals surface area contributed by atoms with Gasteiger partial charge in [-0.3, -0.25) is 4.79 Å². The van der Waals surface area contributed by atoms with Crippen LogP contribution in [0.3, 0.4) is 0 Å². The largest absolute Gasteiger partial charge is 0.454 e. The predicted molar refractivity (Wildman–Crippen MR) is 63.2 cm³/mol. The third kappa shape index (κ3) is 3.56. The van der Waals surface area contributed by atoms with Crippen LogP contribution < -0.4 is 0 Å². The fraction of sp³-hybridized carbons (Fsp3) is 0.417. The van der Waals surface area contributed by atoms with Gasteiger partial charge in [0, 0.05) is 10.0 Å². The van der Waals surface area contributed by atoms with Crippen molar-refractivity contribution in [3.63, 3.8) is 0 Å². The Morgan fingerprint density at radius 3 is 2.06 bits per heavy atom. The molecule has 1 aromatic rings. The van der Waals surface area contributed by atoms with Gasteiger partial charge in [0.25, 0.3) is 5.78 Å². The summed E-state index contributed by atoms with van der Waals surface area (Å²) in [4.78, 5) is 11.2. The van der Waals surface area contributed by atoms with Crippen LogP contribution in [0.2, 0.25) is 0 Å². The van der Waals surface area contributed by atoms with Gasteiger partial charge in [-0.1, -0.05) is 36.7 Å². The van der Waals surface area contributed by atoms with E-state index in [-0.39, 0.29) is 11.0 Å². The monoisotopic (exact) mass is 308 g/mol. The van der Waals surface area contributed by atoms with E-state index >= 15 is 0 Å². The first kappa shape index (κ1) is 14.2. The summed E-state index contributed by atoms with van der Waals surface area (Å²) in [6.45, 7) is 5.61. The lowest BCUT2D eigenvalue weighted by Gasteiger charge is -2.20. The third-order valence-electron chi connectivity index (χ3n) is 2.28. The third-order valence-corrected chi connectivity index (χ3v) is 2.74. The molecule has 0 bridgehead atoms. The van der Waals surface area contributed by atoms with Gasteiger partial charge in [0.2, 0.25) is 0 Å². The Morgan fingerprint density at radius 2 is 1.65 bits per heavy atom. The van der Waals surface area contributed by atoms with Crippen molar-refractivity contribution in [3.05, 3.63) is 33.8 Å². The highest BCUT2D eigenvalue weighted by atomic mass is 79.9. The van der Waals surface area contributed by atoms with E-state index in [0.29, 0.717) is 10.0 Å². The average Bonchev–Trinajstić information content (AvgIpc) is 2.12. The number of benzene rings is 1. The number of hydrogen-bond acceptors (Lipinski definition) is 1. The number of carbonyl (C=O) groups is 1. The van der Waals surface area contributed by atoms with Gasteiger partial charge in [0.05, 0.1) is 0 Å². The molecule has 0 aliphatic heterocycles. The molecule has 0 amide bonds. The Kier molecular flexibility index (Phi) is 3.72. The quantitative estimate of drug-likeness (QED) is 0.699. The van der Waals surface area contributed by atoms with E-state index in [1.807, 2.05) is 20.8 Å². The number of carbonyl (C=O) groups excluding carboxylic acids is 1. The topological polar surface area (TPSA) is 17.1 Å². The van der Waals surface area contributed by atoms with Crippen LogP contribution >= 0.6 is 15.9 Å². The first-order valence-electron chi connectivity index (χ1n) is 4.94. The summed E-state index contributed by atoms with van der Waals surface area (Å²) in [6.07, 6.45) is -4.84. The molecule has 0 saturated heterocycles. The molecule has 0 aliphatic carbocycles. The Balaban J connectivity index is 3.29. The van der Waals surface area contributed by atoms with E-state index in [9.17, 15) is 18.0 Å². The van der Waals surface area contributed by atoms with Crippen LogP contribution in [0.25, 0.3) is 0 Å². The van der Waals surface area contributed by atoms with Crippen molar-refractivity contribution >= 4 is 21.7 Å². The number of alkyl halides is 3. The molecule has 1 nitrogen and oxygen atoms in total. The molecule has 94 valence electrons. The van der Waals surface area contributed by atoms with E-state index in [1.54, 1.807) is 6.07 Å². The van der Waals surface area contributed by atoms with Crippen molar-refractivity contribution in [2.24, 2.45) is 0 Å². The fourth-order valence-corrected chi connectivity index (χ4v) is 1.81. The second kappa shape index (κ2) is 4.44. The zero-order chi connectivity index (χ0) is 13.4. The minimum absolute atomic E-state index is 0.315. The minimum atomic E-state index is -4.84. The van der Waals surface area contributed by atoms with Crippen molar-refractivity contribution in [2.75, 3.05) is 0 Å². The maximum atomic E-state index is 12.3. The normalized spacial score (nSPS) is 12.6. The van der Waals surface area contributed by atoms with Gasteiger partial charge >= 0.3 is 6.18 Å². The maximum absolute atomic E-state index is 12.3. The highest BCUT2D eigenvalue weighted by molar-refractivity contribution is 9.10. The van der Waals surface area contributed by atoms with Crippen molar-refractivity contribution in [1.29, 1.82) is 0 Å². The molecule has 0 N–H and O–H groups in total. The van der Waals surface area contributed by atoms with E-state index < -0.39 is 12.0 Å². The molecule has 0 fully saturated rings. The predicted octanol–water partition coefficient (Wildman–Crippen LogP) is 4.49. The zero-order valence-corrected chi connectivity index (χ0v) is 11.2. The average molecular weight is 309 g/mol. The molecule has 1 rings (SSSR count). The molecule has 17 heavy (non-hydrogen) atoms. The van der Waals surface area contributed by atoms with Crippen molar-refractivity contribution in [3.8, 4) is 0 Å². The second-order valence-electron chi connectivity index (χ2n) is 4.81. The number of halogens is 4. The Bertz CT molecular complexity index is 444. The van der Waals surface area contributed by atoms with Gasteiger partial charge in [-0.05, 0) is 29.2 Å². The molecule has 0 atom stereocenters. The lowest BCUT2D eigenvalue weighted by atomic mass is 9.86. The fourth-order valence-electron chi connectivity index (χ4n) is 1.32. The summed E-state index contributed by atoms with van der Waals surface area (Å²) in [6, 6.07) is 4.19. The van der Waals surface area contributed by atoms with Crippen molar-refractivity contribution in [2.45, 2.75) is 32.4 Å². The molecule has 0 spiro atoms. The maximum Gasteiger partial charge on any atom is 0.454 e. The number of rotatable bonds is 1. The molecule has 5 heteroatoms. The van der Waals surface area contributed by atoms with Gasteiger partial charge in [-0.15, -0.1) is 0 Å². The molecule has 0 unspecified atom stereocenters. The Morgan fingerprint density at radius 1 is 1.12 bits per heavy atom. The molecule has 0 heterocycles. The van der Waals surface area contributed by atoms with Gasteiger partial charge in [0.15, 0.2) is 0 Å². The summed E-state index contributed by atoms with van der Waals surface area (Å²) in [5.41, 5.74) is 0.0287. The number of hydrogen-bond donors (Lipinski definition) is 0. The van der Waals surface area contributed by atoms with E-state index in [0.717, 1.165) is 0 Å². The summed E-state index contributed by atoms with van der Waals surface area (Å²) in [5.74, 6) is -1.82. The van der Waals surface area contributed by atoms with Crippen LogP contribution in [0.4, 0.5) is 13.2 Å². The van der Waals surface area contributed by atoms with Crippen LogP contribution in [0.15, 0.2) is 22.7 Å². The Hall–Kier alpha value is -0.840. The molecular formula is C12H12BrF3O. The van der Waals surface area contributed by atoms with Gasteiger partial charge < -0.3 is 0 Å². The Labute approximate surface area is 106 Å². The van der Waals surface area contributed by atoms with Gasteiger partial charge in [-0.2, -0.15) is 13.2 Å². The first-order chi connectivity index (χ1) is 7.51. The van der Waals surface area contributed by atoms with Gasteiger partial charge in [-0.25, -0.2) is 0 Å². The van der Waals surface area contributed by atoms with E-state index in [1.165, 1.54) is 12.1 Å². The minimum Gasteiger partial charge on any atom is -0.284 e. The molecular weight excluding hydrogens is 297 g/mol. The summed E-state index contributed by atoms with van der Waals surface area (Å²) >= 11 is 3.12. The number of ketones is 1. The number of Topliss-reactive ketones (excluding diaryl/α,β-unsaturated/α-hetero) is 1. The zero-order valence-electron chi connectivity index (χ0n) is 9.65. The highest BCUT2D eigenvalue weighted by Crippen LogP contribution is 2.29. The summed E-state index contributed by atoms with van der Waals surface area (Å²) in [7, 11) is 0. The smallest absolute Gasteiger partial charge is 0.284 e. The standard InChI is InChI=1S/C12H12BrF3O/c1-11(2,3)8-4-7(5-9(13)6-8)10(17)12(14,15)16/h4-6H,1-3H3. The molecule has 0 saturated carbocycles. The van der Waals surface area contributed by atoms with E-state index in [2.05, 4.69) is 15.9 Å². The molecule has 0 radical (unpaired) electrons. The summed E-state index contributed by atoms with van der Waals surface area (Å²) < 4.78 is 37.5. The van der Waals surface area contributed by atoms with Crippen molar-refractivity contribution in [1.82, 2.24) is 0 Å². The molecule has 0 aromatic heterocycles. The SMILES string of the molecule is CC(C)(C)c1cc(Br)cc(C(=O)C(F)(F)F)c1. The summed E-state index contributed by atoms with van der Waals surface area (Å²) in [5, 5.41) is 0. The molecule has 0 aliphatic rings. The van der Waals surface area contributed by atoms with Crippen LogP contribution in [0.5, 0.6) is 0 Å². The first-order valence-corrected chi connectivity index (χ1v) is 5.74. The van der Waals surface area contributed by atoms with Crippen LogP contribution in [0.1, 0.15) is 36.7 Å². The lowest BCUT2D eigenvalue weighted by Crippen LogP contribution is -2.23. The van der Waals surface area contributed by atoms with E-state index in [4.69, 9.17) is 0 Å². The second-order valence-corrected chi connectivity index (χ2v) is 5.72. The lowest BCUT2D eigenvalue weighted by molar-refractivity contribution is -0.0885. The highest BCUT2D eigenvalue weighted by Gasteiger charge is 2.39. The van der Waals surface area contributed by atoms with Crippen LogP contribution in [-0.2, 0) is 5.41 Å². The van der Waals surface area contributed by atoms with Gasteiger partial charge in [0.1, 0.15) is 0 Å².